The van der Waals surface area contributed by atoms with E-state index in [-0.39, 0.29) is 12.0 Å². The first kappa shape index (κ1) is 17.3. The molecule has 0 fully saturated rings. The zero-order valence-electron chi connectivity index (χ0n) is 15.1. The molecule has 0 bridgehead atoms. The van der Waals surface area contributed by atoms with Crippen LogP contribution in [0.4, 0.5) is 4.79 Å². The maximum atomic E-state index is 12.3. The van der Waals surface area contributed by atoms with Gasteiger partial charge in [-0.05, 0) is 41.2 Å². The van der Waals surface area contributed by atoms with Crippen LogP contribution in [0.3, 0.4) is 0 Å². The van der Waals surface area contributed by atoms with Crippen LogP contribution < -0.4 is 5.32 Å². The molecule has 1 amide bonds. The zero-order valence-corrected chi connectivity index (χ0v) is 15.1. The van der Waals surface area contributed by atoms with Crippen molar-refractivity contribution < 1.29 is 9.53 Å². The molecule has 4 rings (SSSR count). The number of hydrogen-bond acceptors (Lipinski definition) is 2. The lowest BCUT2D eigenvalue weighted by Gasteiger charge is -2.17. The average Bonchev–Trinajstić information content (AvgIpc) is 3.01. The molecule has 1 atom stereocenters. The van der Waals surface area contributed by atoms with Gasteiger partial charge in [-0.2, -0.15) is 0 Å². The van der Waals surface area contributed by atoms with Gasteiger partial charge in [0.1, 0.15) is 6.61 Å². The number of rotatable bonds is 5. The minimum atomic E-state index is -0.423. The normalized spacial score (nSPS) is 13.5. The summed E-state index contributed by atoms with van der Waals surface area (Å²) in [7, 11) is 0. The van der Waals surface area contributed by atoms with Crippen LogP contribution in [-0.2, 0) is 11.2 Å². The summed E-state index contributed by atoms with van der Waals surface area (Å²) in [5.74, 6) is 0.0699. The minimum Gasteiger partial charge on any atom is -0.449 e. The first-order valence-corrected chi connectivity index (χ1v) is 9.21. The van der Waals surface area contributed by atoms with Crippen molar-refractivity contribution in [1.82, 2.24) is 5.32 Å². The molecular formula is C24H22NO2. The quantitative estimate of drug-likeness (QED) is 0.701. The number of alkyl carbamates (subject to hydrolysis) is 1. The fourth-order valence-electron chi connectivity index (χ4n) is 3.76. The van der Waals surface area contributed by atoms with Crippen molar-refractivity contribution in [3.63, 3.8) is 0 Å². The Morgan fingerprint density at radius 3 is 2.07 bits per heavy atom. The van der Waals surface area contributed by atoms with Gasteiger partial charge in [0.15, 0.2) is 0 Å². The molecule has 0 saturated heterocycles. The van der Waals surface area contributed by atoms with Crippen molar-refractivity contribution in [3.8, 4) is 11.1 Å². The Morgan fingerprint density at radius 1 is 0.889 bits per heavy atom. The molecule has 3 heteroatoms. The van der Waals surface area contributed by atoms with Gasteiger partial charge in [0.25, 0.3) is 0 Å². The second-order valence-electron chi connectivity index (χ2n) is 6.86. The maximum Gasteiger partial charge on any atom is 0.407 e. The van der Waals surface area contributed by atoms with Crippen molar-refractivity contribution in [2.24, 2.45) is 0 Å². The highest BCUT2D eigenvalue weighted by Gasteiger charge is 2.29. The summed E-state index contributed by atoms with van der Waals surface area (Å²) in [6.45, 7) is 4.33. The van der Waals surface area contributed by atoms with E-state index in [9.17, 15) is 4.79 Å². The summed E-state index contributed by atoms with van der Waals surface area (Å²) in [6.07, 6.45) is 0.248. The summed E-state index contributed by atoms with van der Waals surface area (Å²) < 4.78 is 5.56. The van der Waals surface area contributed by atoms with Gasteiger partial charge in [0, 0.05) is 12.0 Å². The van der Waals surface area contributed by atoms with Gasteiger partial charge in [-0.25, -0.2) is 4.79 Å². The van der Waals surface area contributed by atoms with Crippen LogP contribution in [0, 0.1) is 6.92 Å². The van der Waals surface area contributed by atoms with Gasteiger partial charge in [-0.15, -0.1) is 0 Å². The Hall–Kier alpha value is -3.07. The van der Waals surface area contributed by atoms with Crippen LogP contribution in [-0.4, -0.2) is 18.7 Å². The van der Waals surface area contributed by atoms with Crippen LogP contribution in [0.2, 0.25) is 0 Å². The number of fused-ring (bicyclic) bond motifs is 3. The van der Waals surface area contributed by atoms with Gasteiger partial charge in [-0.3, -0.25) is 0 Å². The van der Waals surface area contributed by atoms with Crippen molar-refractivity contribution in [1.29, 1.82) is 0 Å². The number of amides is 1. The van der Waals surface area contributed by atoms with E-state index in [1.165, 1.54) is 22.3 Å². The molecule has 0 heterocycles. The first-order valence-electron chi connectivity index (χ1n) is 9.21. The van der Waals surface area contributed by atoms with E-state index in [2.05, 4.69) is 36.5 Å². The van der Waals surface area contributed by atoms with Gasteiger partial charge in [0.2, 0.25) is 0 Å². The molecule has 1 N–H and O–H groups in total. The summed E-state index contributed by atoms with van der Waals surface area (Å²) in [5.41, 5.74) is 6.00. The summed E-state index contributed by atoms with van der Waals surface area (Å²) in [4.78, 5) is 12.3. The van der Waals surface area contributed by atoms with Crippen molar-refractivity contribution in [3.05, 3.63) is 102 Å². The predicted octanol–water partition coefficient (Wildman–Crippen LogP) is 4.97. The molecule has 0 aromatic heterocycles. The summed E-state index contributed by atoms with van der Waals surface area (Å²) in [5, 5.41) is 2.83. The van der Waals surface area contributed by atoms with E-state index in [1.54, 1.807) is 0 Å². The third-order valence-electron chi connectivity index (χ3n) is 4.99. The Kier molecular flexibility index (Phi) is 4.93. The first-order chi connectivity index (χ1) is 13.2. The Morgan fingerprint density at radius 2 is 1.44 bits per heavy atom. The van der Waals surface area contributed by atoms with E-state index >= 15 is 0 Å². The predicted molar refractivity (Wildman–Crippen MR) is 107 cm³/mol. The van der Waals surface area contributed by atoms with Crippen LogP contribution >= 0.6 is 0 Å². The Bertz CT molecular complexity index is 890. The molecule has 0 aliphatic heterocycles. The lowest BCUT2D eigenvalue weighted by molar-refractivity contribution is 0.140. The smallest absolute Gasteiger partial charge is 0.407 e. The standard InChI is InChI=1S/C24H22NO2/c1-17(15-18-9-3-2-4-10-18)25-24(26)27-16-23-21-13-7-5-11-19(21)20-12-6-8-14-22(20)23/h2-14,17,23H,1,15-16H2,(H,25,26)/t17-/m0/s1. The third-order valence-corrected chi connectivity index (χ3v) is 4.99. The van der Waals surface area contributed by atoms with E-state index < -0.39 is 6.09 Å². The molecule has 135 valence electrons. The second-order valence-corrected chi connectivity index (χ2v) is 6.86. The van der Waals surface area contributed by atoms with Crippen molar-refractivity contribution in [2.45, 2.75) is 18.4 Å². The van der Waals surface area contributed by atoms with E-state index in [4.69, 9.17) is 4.74 Å². The minimum absolute atomic E-state index is 0.0699. The third kappa shape index (κ3) is 3.72. The molecule has 3 aromatic carbocycles. The molecule has 1 aliphatic rings. The number of carbonyl (C=O) groups is 1. The molecule has 1 aliphatic carbocycles. The SMILES string of the molecule is [CH2][C@@H](Cc1ccccc1)NC(=O)OCC1c2ccccc2-c2ccccc21. The van der Waals surface area contributed by atoms with Gasteiger partial charge >= 0.3 is 6.09 Å². The Balaban J connectivity index is 1.39. The van der Waals surface area contributed by atoms with Crippen LogP contribution in [0.25, 0.3) is 11.1 Å². The molecular weight excluding hydrogens is 334 g/mol. The molecule has 27 heavy (non-hydrogen) atoms. The maximum absolute atomic E-state index is 12.3. The number of hydrogen-bond donors (Lipinski definition) is 1. The molecule has 3 nitrogen and oxygen atoms in total. The zero-order chi connectivity index (χ0) is 18.6. The molecule has 0 spiro atoms. The highest BCUT2D eigenvalue weighted by atomic mass is 16.5. The van der Waals surface area contributed by atoms with Gasteiger partial charge in [0.05, 0.1) is 0 Å². The van der Waals surface area contributed by atoms with E-state index in [0.717, 1.165) is 5.56 Å². The van der Waals surface area contributed by atoms with Gasteiger partial charge in [-0.1, -0.05) is 78.9 Å². The molecule has 0 unspecified atom stereocenters. The number of nitrogens with one attached hydrogen (secondary N) is 1. The highest BCUT2D eigenvalue weighted by molar-refractivity contribution is 5.79. The van der Waals surface area contributed by atoms with Crippen LogP contribution in [0.5, 0.6) is 0 Å². The molecule has 3 aromatic rings. The number of ether oxygens (including phenoxy) is 1. The molecule has 0 saturated carbocycles. The lowest BCUT2D eigenvalue weighted by atomic mass is 9.98. The van der Waals surface area contributed by atoms with Crippen LogP contribution in [0.1, 0.15) is 22.6 Å². The van der Waals surface area contributed by atoms with Crippen molar-refractivity contribution >= 4 is 6.09 Å². The van der Waals surface area contributed by atoms with Crippen LogP contribution in [0.15, 0.2) is 78.9 Å². The largest absolute Gasteiger partial charge is 0.449 e. The number of benzene rings is 3. The lowest BCUT2D eigenvalue weighted by Crippen LogP contribution is -2.35. The van der Waals surface area contributed by atoms with Crippen molar-refractivity contribution in [2.75, 3.05) is 6.61 Å². The fourth-order valence-corrected chi connectivity index (χ4v) is 3.76. The van der Waals surface area contributed by atoms with E-state index in [0.29, 0.717) is 13.0 Å². The summed E-state index contributed by atoms with van der Waals surface area (Å²) in [6, 6.07) is 26.4. The Labute approximate surface area is 160 Å². The van der Waals surface area contributed by atoms with E-state index in [1.807, 2.05) is 54.6 Å². The number of carbonyl (C=O) groups excluding carboxylic acids is 1. The average molecular weight is 356 g/mol. The monoisotopic (exact) mass is 356 g/mol. The van der Waals surface area contributed by atoms with Gasteiger partial charge < -0.3 is 10.1 Å². The topological polar surface area (TPSA) is 38.3 Å². The summed E-state index contributed by atoms with van der Waals surface area (Å²) >= 11 is 0. The highest BCUT2D eigenvalue weighted by Crippen LogP contribution is 2.44. The fraction of sp³-hybridized carbons (Fsp3) is 0.167. The molecule has 1 radical (unpaired) electrons. The second kappa shape index (κ2) is 7.67.